The zero-order valence-electron chi connectivity index (χ0n) is 20.3. The number of piperidine rings is 1. The molecular formula is C28H35N3O3. The van der Waals surface area contributed by atoms with Gasteiger partial charge in [-0.2, -0.15) is 0 Å². The average Bonchev–Trinajstić information content (AvgIpc) is 3.00. The summed E-state index contributed by atoms with van der Waals surface area (Å²) in [6.45, 7) is 7.74. The van der Waals surface area contributed by atoms with Crippen molar-refractivity contribution >= 4 is 16.8 Å². The normalized spacial score (nSPS) is 19.0. The van der Waals surface area contributed by atoms with E-state index in [0.717, 1.165) is 59.7 Å². The van der Waals surface area contributed by atoms with Gasteiger partial charge in [0, 0.05) is 48.9 Å². The summed E-state index contributed by atoms with van der Waals surface area (Å²) in [5.41, 5.74) is 5.63. The molecule has 1 N–H and O–H groups in total. The molecule has 0 aliphatic carbocycles. The first-order valence-corrected chi connectivity index (χ1v) is 12.4. The summed E-state index contributed by atoms with van der Waals surface area (Å²) < 4.78 is 11.4. The number of benzene rings is 2. The van der Waals surface area contributed by atoms with Crippen molar-refractivity contribution in [2.45, 2.75) is 39.3 Å². The van der Waals surface area contributed by atoms with E-state index in [1.54, 1.807) is 7.11 Å². The van der Waals surface area contributed by atoms with E-state index >= 15 is 0 Å². The summed E-state index contributed by atoms with van der Waals surface area (Å²) in [6.07, 6.45) is 2.87. The second-order valence-electron chi connectivity index (χ2n) is 9.76. The molecule has 1 saturated heterocycles. The number of nitrogens with one attached hydrogen (secondary N) is 1. The number of rotatable bonds is 6. The minimum absolute atomic E-state index is 0.146. The predicted octanol–water partition coefficient (Wildman–Crippen LogP) is 4.30. The van der Waals surface area contributed by atoms with E-state index in [1.807, 2.05) is 24.0 Å². The zero-order valence-corrected chi connectivity index (χ0v) is 20.3. The third-order valence-corrected chi connectivity index (χ3v) is 7.22. The monoisotopic (exact) mass is 461 g/mol. The molecule has 3 heterocycles. The lowest BCUT2D eigenvalue weighted by Crippen LogP contribution is -2.36. The molecule has 1 fully saturated rings. The van der Waals surface area contributed by atoms with Crippen LogP contribution < -0.4 is 4.74 Å². The molecule has 34 heavy (non-hydrogen) atoms. The van der Waals surface area contributed by atoms with Gasteiger partial charge in [-0.15, -0.1) is 0 Å². The first-order chi connectivity index (χ1) is 16.6. The molecule has 1 atom stereocenters. The van der Waals surface area contributed by atoms with Gasteiger partial charge in [-0.1, -0.05) is 24.3 Å². The summed E-state index contributed by atoms with van der Waals surface area (Å²) in [4.78, 5) is 21.2. The number of hydrogen-bond donors (Lipinski definition) is 1. The number of likely N-dealkylation sites (tertiary alicyclic amines) is 1. The molecule has 2 aromatic carbocycles. The highest BCUT2D eigenvalue weighted by molar-refractivity contribution is 5.90. The van der Waals surface area contributed by atoms with Crippen LogP contribution in [0.2, 0.25) is 0 Å². The number of aryl methyl sites for hydroxylation is 1. The van der Waals surface area contributed by atoms with Crippen LogP contribution in [0.1, 0.15) is 35.2 Å². The largest absolute Gasteiger partial charge is 0.491 e. The highest BCUT2D eigenvalue weighted by atomic mass is 16.5. The Morgan fingerprint density at radius 2 is 2.09 bits per heavy atom. The van der Waals surface area contributed by atoms with Crippen LogP contribution in [0.15, 0.2) is 42.5 Å². The molecule has 0 spiro atoms. The van der Waals surface area contributed by atoms with Crippen LogP contribution in [-0.2, 0) is 29.0 Å². The van der Waals surface area contributed by atoms with Crippen molar-refractivity contribution in [3.8, 4) is 5.75 Å². The van der Waals surface area contributed by atoms with E-state index in [0.29, 0.717) is 32.0 Å². The maximum absolute atomic E-state index is 13.4. The van der Waals surface area contributed by atoms with E-state index in [4.69, 9.17) is 9.47 Å². The fourth-order valence-corrected chi connectivity index (χ4v) is 5.51. The Kier molecular flexibility index (Phi) is 6.88. The summed E-state index contributed by atoms with van der Waals surface area (Å²) in [5, 5.41) is 1.13. The number of nitrogens with zero attached hydrogens (tertiary/aromatic N) is 2. The molecule has 0 saturated carbocycles. The van der Waals surface area contributed by atoms with Crippen molar-refractivity contribution in [1.29, 1.82) is 0 Å². The van der Waals surface area contributed by atoms with E-state index in [1.165, 1.54) is 18.4 Å². The van der Waals surface area contributed by atoms with Gasteiger partial charge in [0.25, 0.3) is 0 Å². The van der Waals surface area contributed by atoms with Crippen LogP contribution in [0.25, 0.3) is 10.9 Å². The van der Waals surface area contributed by atoms with Crippen LogP contribution in [0.3, 0.4) is 0 Å². The zero-order chi connectivity index (χ0) is 23.5. The molecule has 3 aromatic rings. The molecule has 180 valence electrons. The van der Waals surface area contributed by atoms with Gasteiger partial charge in [-0.3, -0.25) is 9.69 Å². The van der Waals surface area contributed by atoms with Gasteiger partial charge in [0.1, 0.15) is 12.4 Å². The molecule has 1 amide bonds. The van der Waals surface area contributed by atoms with Crippen molar-refractivity contribution < 1.29 is 14.3 Å². The van der Waals surface area contributed by atoms with Gasteiger partial charge in [-0.05, 0) is 61.6 Å². The number of aromatic nitrogens is 1. The summed E-state index contributed by atoms with van der Waals surface area (Å²) in [6, 6.07) is 14.7. The van der Waals surface area contributed by atoms with Crippen LogP contribution in [0, 0.1) is 12.8 Å². The second-order valence-corrected chi connectivity index (χ2v) is 9.76. The first kappa shape index (κ1) is 22.9. The van der Waals surface area contributed by atoms with Gasteiger partial charge in [-0.25, -0.2) is 0 Å². The highest BCUT2D eigenvalue weighted by Gasteiger charge is 2.24. The molecule has 2 aliphatic heterocycles. The van der Waals surface area contributed by atoms with Crippen molar-refractivity contribution in [1.82, 2.24) is 14.8 Å². The fourth-order valence-electron chi connectivity index (χ4n) is 5.51. The number of hydrogen-bond acceptors (Lipinski definition) is 4. The Labute approximate surface area is 201 Å². The third-order valence-electron chi connectivity index (χ3n) is 7.22. The smallest absolute Gasteiger partial charge is 0.227 e. The molecule has 1 aromatic heterocycles. The molecular weight excluding hydrogens is 426 g/mol. The Bertz CT molecular complexity index is 1150. The standard InChI is InChI=1S/C28H35N3O3/c1-20-25(24-7-3-4-8-26(24)29-20)15-28(32)31-12-13-34-27-10-9-21(14-23(27)18-31)16-30-11-5-6-22(17-30)19-33-2/h3-4,7-10,14,22,29H,5-6,11-13,15-19H2,1-2H3. The number of fused-ring (bicyclic) bond motifs is 2. The molecule has 6 nitrogen and oxygen atoms in total. The number of ether oxygens (including phenoxy) is 2. The van der Waals surface area contributed by atoms with E-state index in [9.17, 15) is 4.79 Å². The number of H-pyrrole nitrogens is 1. The molecule has 2 aliphatic rings. The predicted molar refractivity (Wildman–Crippen MR) is 134 cm³/mol. The van der Waals surface area contributed by atoms with E-state index in [-0.39, 0.29) is 5.91 Å². The summed E-state index contributed by atoms with van der Waals surface area (Å²) in [7, 11) is 1.79. The lowest BCUT2D eigenvalue weighted by Gasteiger charge is -2.32. The van der Waals surface area contributed by atoms with Gasteiger partial charge < -0.3 is 19.4 Å². The Morgan fingerprint density at radius 1 is 1.21 bits per heavy atom. The second kappa shape index (κ2) is 10.2. The van der Waals surface area contributed by atoms with E-state index in [2.05, 4.69) is 40.2 Å². The molecule has 0 bridgehead atoms. The maximum atomic E-state index is 13.4. The van der Waals surface area contributed by atoms with Crippen molar-refractivity contribution in [3.63, 3.8) is 0 Å². The number of methoxy groups -OCH3 is 1. The van der Waals surface area contributed by atoms with Crippen LogP contribution in [0.5, 0.6) is 5.75 Å². The van der Waals surface area contributed by atoms with Gasteiger partial charge >= 0.3 is 0 Å². The Morgan fingerprint density at radius 3 is 2.97 bits per heavy atom. The topological polar surface area (TPSA) is 57.8 Å². The highest BCUT2D eigenvalue weighted by Crippen LogP contribution is 2.28. The number of amides is 1. The fraction of sp³-hybridized carbons (Fsp3) is 0.464. The molecule has 5 rings (SSSR count). The van der Waals surface area contributed by atoms with E-state index < -0.39 is 0 Å². The summed E-state index contributed by atoms with van der Waals surface area (Å²) >= 11 is 0. The van der Waals surface area contributed by atoms with Crippen LogP contribution >= 0.6 is 0 Å². The minimum Gasteiger partial charge on any atom is -0.491 e. The number of carbonyl (C=O) groups excluding carboxylic acids is 1. The molecule has 1 unspecified atom stereocenters. The minimum atomic E-state index is 0.146. The van der Waals surface area contributed by atoms with Gasteiger partial charge in [0.05, 0.1) is 19.6 Å². The van der Waals surface area contributed by atoms with Crippen molar-refractivity contribution in [2.24, 2.45) is 5.92 Å². The quantitative estimate of drug-likeness (QED) is 0.595. The first-order valence-electron chi connectivity index (χ1n) is 12.4. The van der Waals surface area contributed by atoms with Crippen molar-refractivity contribution in [3.05, 3.63) is 64.8 Å². The molecule has 6 heteroatoms. The number of aromatic amines is 1. The maximum Gasteiger partial charge on any atom is 0.227 e. The Hall–Kier alpha value is -2.83. The Balaban J connectivity index is 1.29. The number of para-hydroxylation sites is 1. The van der Waals surface area contributed by atoms with Gasteiger partial charge in [0.2, 0.25) is 5.91 Å². The van der Waals surface area contributed by atoms with Crippen LogP contribution in [-0.4, -0.2) is 60.6 Å². The lowest BCUT2D eigenvalue weighted by molar-refractivity contribution is -0.131. The summed E-state index contributed by atoms with van der Waals surface area (Å²) in [5.74, 6) is 1.66. The lowest BCUT2D eigenvalue weighted by atomic mass is 9.98. The SMILES string of the molecule is COCC1CCCN(Cc2ccc3c(c2)CN(C(=O)Cc2c(C)[nH]c4ccccc24)CCO3)C1. The molecule has 0 radical (unpaired) electrons. The number of carbonyl (C=O) groups is 1. The average molecular weight is 462 g/mol. The third kappa shape index (κ3) is 4.98. The van der Waals surface area contributed by atoms with Gasteiger partial charge in [0.15, 0.2) is 0 Å². The van der Waals surface area contributed by atoms with Crippen LogP contribution in [0.4, 0.5) is 0 Å². The van der Waals surface area contributed by atoms with Crippen molar-refractivity contribution in [2.75, 3.05) is 40.0 Å².